The first kappa shape index (κ1) is 24.8. The molecular weight excluding hydrogens is 441 g/mol. The molecule has 1 aliphatic heterocycles. The molecule has 2 fully saturated rings. The number of benzene rings is 1. The number of rotatable bonds is 8. The van der Waals surface area contributed by atoms with Crippen LogP contribution in [-0.4, -0.2) is 41.9 Å². The van der Waals surface area contributed by atoms with E-state index in [2.05, 4.69) is 0 Å². The van der Waals surface area contributed by atoms with Gasteiger partial charge in [-0.1, -0.05) is 31.5 Å². The fourth-order valence-electron chi connectivity index (χ4n) is 5.06. The van der Waals surface area contributed by atoms with E-state index in [0.29, 0.717) is 45.3 Å². The topological polar surface area (TPSA) is 95.7 Å². The smallest absolute Gasteiger partial charge is 0.210 e. The third kappa shape index (κ3) is 4.90. The largest absolute Gasteiger partial charge is 0.348 e. The van der Waals surface area contributed by atoms with Crippen molar-refractivity contribution >= 4 is 20.8 Å². The third-order valence-corrected chi connectivity index (χ3v) is 10.4. The normalized spacial score (nSPS) is 24.0. The highest BCUT2D eigenvalue weighted by atomic mass is 32.2. The summed E-state index contributed by atoms with van der Waals surface area (Å²) in [5.74, 6) is -1.50. The predicted molar refractivity (Wildman–Crippen MR) is 119 cm³/mol. The van der Waals surface area contributed by atoms with Gasteiger partial charge in [0.15, 0.2) is 5.79 Å². The molecule has 2 aliphatic rings. The molecule has 2 N–H and O–H groups in total. The van der Waals surface area contributed by atoms with Crippen LogP contribution in [0.25, 0.3) is 0 Å². The zero-order valence-electron chi connectivity index (χ0n) is 18.5. The highest BCUT2D eigenvalue weighted by Crippen LogP contribution is 2.55. The lowest BCUT2D eigenvalue weighted by atomic mass is 9.61. The zero-order chi connectivity index (χ0) is 22.9. The summed E-state index contributed by atoms with van der Waals surface area (Å²) in [6.07, 6.45) is 3.03. The van der Waals surface area contributed by atoms with E-state index in [1.807, 2.05) is 6.92 Å². The molecule has 3 atom stereocenters. The fourth-order valence-corrected chi connectivity index (χ4v) is 7.01. The van der Waals surface area contributed by atoms with Gasteiger partial charge in [0.25, 0.3) is 0 Å². The second kappa shape index (κ2) is 9.17. The van der Waals surface area contributed by atoms with Gasteiger partial charge in [-0.05, 0) is 50.7 Å². The molecular formula is C22H34FNO5S2. The van der Waals surface area contributed by atoms with Gasteiger partial charge in [0.05, 0.1) is 33.8 Å². The van der Waals surface area contributed by atoms with Crippen molar-refractivity contribution in [2.45, 2.75) is 80.2 Å². The molecule has 1 saturated heterocycles. The first-order valence-corrected chi connectivity index (χ1v) is 13.6. The Morgan fingerprint density at radius 2 is 1.68 bits per heavy atom. The molecule has 1 saturated carbocycles. The first-order valence-electron chi connectivity index (χ1n) is 10.9. The summed E-state index contributed by atoms with van der Waals surface area (Å²) >= 11 is 0. The summed E-state index contributed by atoms with van der Waals surface area (Å²) in [4.78, 5) is -0.0415. The van der Waals surface area contributed by atoms with Crippen molar-refractivity contribution in [2.75, 3.05) is 13.2 Å². The Kier molecular flexibility index (Phi) is 7.33. The van der Waals surface area contributed by atoms with Crippen LogP contribution >= 0.6 is 0 Å². The lowest BCUT2D eigenvalue weighted by molar-refractivity contribution is -0.198. The summed E-state index contributed by atoms with van der Waals surface area (Å²) in [5.41, 5.74) is -2.71. The zero-order valence-corrected chi connectivity index (χ0v) is 20.1. The number of hydrogen-bond acceptors (Lipinski definition) is 5. The monoisotopic (exact) mass is 475 g/mol. The maximum atomic E-state index is 16.1. The second-order valence-electron chi connectivity index (χ2n) is 9.40. The molecule has 31 heavy (non-hydrogen) atoms. The maximum absolute atomic E-state index is 16.1. The molecule has 3 rings (SSSR count). The molecule has 0 amide bonds. The van der Waals surface area contributed by atoms with Crippen molar-refractivity contribution in [3.05, 3.63) is 30.3 Å². The van der Waals surface area contributed by atoms with Crippen molar-refractivity contribution in [3.63, 3.8) is 0 Å². The van der Waals surface area contributed by atoms with Crippen LogP contribution in [0.15, 0.2) is 35.2 Å². The molecule has 176 valence electrons. The van der Waals surface area contributed by atoms with Gasteiger partial charge in [-0.3, -0.25) is 5.14 Å². The highest BCUT2D eigenvalue weighted by Gasteiger charge is 2.54. The summed E-state index contributed by atoms with van der Waals surface area (Å²) in [6, 6.07) is 7.70. The minimum atomic E-state index is -4.23. The van der Waals surface area contributed by atoms with E-state index in [0.717, 1.165) is 0 Å². The van der Waals surface area contributed by atoms with Gasteiger partial charge < -0.3 is 9.47 Å². The van der Waals surface area contributed by atoms with Gasteiger partial charge in [-0.25, -0.2) is 17.0 Å². The molecule has 1 aromatic carbocycles. The van der Waals surface area contributed by atoms with E-state index in [-0.39, 0.29) is 11.3 Å². The molecule has 1 aliphatic carbocycles. The highest BCUT2D eigenvalue weighted by molar-refractivity contribution is 7.92. The van der Waals surface area contributed by atoms with Gasteiger partial charge in [0.2, 0.25) is 15.3 Å². The fraction of sp³-hybridized carbons (Fsp3) is 0.727. The number of ether oxygens (including phenoxy) is 2. The molecule has 1 heterocycles. The minimum absolute atomic E-state index is 0.0415. The van der Waals surface area contributed by atoms with Gasteiger partial charge in [-0.15, -0.1) is 0 Å². The SMILES string of the molecule is CCC1(C(CC(C)(C)S(N)=O)C(F)S(=O)(=O)c2ccccc2)CCC2(CC1)OCCO2. The number of nitrogens with two attached hydrogens (primary N) is 1. The molecule has 0 bridgehead atoms. The molecule has 3 unspecified atom stereocenters. The van der Waals surface area contributed by atoms with E-state index < -0.39 is 48.2 Å². The summed E-state index contributed by atoms with van der Waals surface area (Å²) in [7, 11) is -5.96. The Bertz CT molecular complexity index is 874. The lowest BCUT2D eigenvalue weighted by Gasteiger charge is -2.49. The minimum Gasteiger partial charge on any atom is -0.348 e. The maximum Gasteiger partial charge on any atom is 0.210 e. The Morgan fingerprint density at radius 3 is 2.16 bits per heavy atom. The molecule has 0 radical (unpaired) electrons. The van der Waals surface area contributed by atoms with Gasteiger partial charge >= 0.3 is 0 Å². The van der Waals surface area contributed by atoms with Gasteiger partial charge in [0.1, 0.15) is 0 Å². The summed E-state index contributed by atoms with van der Waals surface area (Å²) in [6.45, 7) is 6.45. The van der Waals surface area contributed by atoms with Crippen LogP contribution in [0.5, 0.6) is 0 Å². The second-order valence-corrected chi connectivity index (χ2v) is 13.1. The van der Waals surface area contributed by atoms with E-state index in [1.54, 1.807) is 32.0 Å². The van der Waals surface area contributed by atoms with Crippen molar-refractivity contribution < 1.29 is 26.5 Å². The molecule has 1 spiro atoms. The van der Waals surface area contributed by atoms with Crippen LogP contribution in [0.2, 0.25) is 0 Å². The lowest BCUT2D eigenvalue weighted by Crippen LogP contribution is -2.49. The average molecular weight is 476 g/mol. The number of halogens is 1. The Balaban J connectivity index is 1.98. The van der Waals surface area contributed by atoms with Crippen LogP contribution in [0, 0.1) is 11.3 Å². The summed E-state index contributed by atoms with van der Waals surface area (Å²) in [5, 5.41) is 5.71. The van der Waals surface area contributed by atoms with Crippen LogP contribution in [0.1, 0.15) is 59.3 Å². The van der Waals surface area contributed by atoms with Crippen molar-refractivity contribution in [3.8, 4) is 0 Å². The predicted octanol–water partition coefficient (Wildman–Crippen LogP) is 3.88. The van der Waals surface area contributed by atoms with Crippen molar-refractivity contribution in [2.24, 2.45) is 16.5 Å². The van der Waals surface area contributed by atoms with Crippen LogP contribution in [-0.2, 0) is 30.3 Å². The van der Waals surface area contributed by atoms with Gasteiger partial charge in [-0.2, -0.15) is 0 Å². The van der Waals surface area contributed by atoms with E-state index in [4.69, 9.17) is 14.6 Å². The third-order valence-electron chi connectivity index (χ3n) is 7.25. The Morgan fingerprint density at radius 1 is 1.13 bits per heavy atom. The van der Waals surface area contributed by atoms with Crippen LogP contribution < -0.4 is 5.14 Å². The first-order chi connectivity index (χ1) is 14.5. The van der Waals surface area contributed by atoms with E-state index in [9.17, 15) is 12.6 Å². The van der Waals surface area contributed by atoms with Crippen LogP contribution in [0.4, 0.5) is 4.39 Å². The summed E-state index contributed by atoms with van der Waals surface area (Å²) < 4.78 is 65.5. The Labute approximate surface area is 187 Å². The van der Waals surface area contributed by atoms with E-state index >= 15 is 4.39 Å². The molecule has 1 aromatic rings. The number of alkyl halides is 1. The molecule has 9 heteroatoms. The van der Waals surface area contributed by atoms with Gasteiger partial charge in [0, 0.05) is 18.8 Å². The van der Waals surface area contributed by atoms with E-state index in [1.165, 1.54) is 12.1 Å². The van der Waals surface area contributed by atoms with Crippen LogP contribution in [0.3, 0.4) is 0 Å². The standard InChI is InChI=1S/C22H34FNO5S2/c1-4-21(10-12-22(13-11-21)28-14-15-29-22)18(16-20(2,3)30(24)25)19(23)31(26,27)17-8-6-5-7-9-17/h5-9,18-19H,4,10-16,24H2,1-3H3. The average Bonchev–Trinajstić information content (AvgIpc) is 3.21. The van der Waals surface area contributed by atoms with Crippen molar-refractivity contribution in [1.82, 2.24) is 0 Å². The Hall–Kier alpha value is -0.870. The number of sulfone groups is 1. The van der Waals surface area contributed by atoms with Crippen molar-refractivity contribution in [1.29, 1.82) is 0 Å². The molecule has 0 aromatic heterocycles. The quantitative estimate of drug-likeness (QED) is 0.616. The number of hydrogen-bond donors (Lipinski definition) is 1. The molecule has 6 nitrogen and oxygen atoms in total.